The number of carbonyl (C=O) groups excluding carboxylic acids is 2. The Kier molecular flexibility index (Phi) is 8.80. The zero-order valence-corrected chi connectivity index (χ0v) is 15.7. The molecule has 26 heavy (non-hydrogen) atoms. The van der Waals surface area contributed by atoms with Crippen LogP contribution in [0.1, 0.15) is 18.9 Å². The van der Waals surface area contributed by atoms with Crippen LogP contribution in [0.3, 0.4) is 0 Å². The van der Waals surface area contributed by atoms with Crippen LogP contribution in [-0.4, -0.2) is 46.4 Å². The molecule has 0 heterocycles. The van der Waals surface area contributed by atoms with Gasteiger partial charge >= 0.3 is 12.1 Å². The Balaban J connectivity index is 2.65. The van der Waals surface area contributed by atoms with Gasteiger partial charge in [-0.2, -0.15) is 0 Å². The number of aliphatic hydroxyl groups excluding tert-OH is 1. The van der Waals surface area contributed by atoms with Crippen molar-refractivity contribution in [1.29, 1.82) is 0 Å². The average molecular weight is 429 g/mol. The zero-order valence-electron chi connectivity index (χ0n) is 14.1. The number of carbonyl (C=O) groups is 3. The van der Waals surface area contributed by atoms with Crippen LogP contribution < -0.4 is 10.6 Å². The highest BCUT2D eigenvalue weighted by molar-refractivity contribution is 9.11. The van der Waals surface area contributed by atoms with E-state index in [4.69, 9.17) is 9.84 Å². The van der Waals surface area contributed by atoms with Crippen molar-refractivity contribution in [2.45, 2.75) is 38.1 Å². The summed E-state index contributed by atoms with van der Waals surface area (Å²) in [5.74, 6) is -2.12. The number of amides is 2. The molecule has 0 aromatic heterocycles. The van der Waals surface area contributed by atoms with E-state index in [9.17, 15) is 19.5 Å². The van der Waals surface area contributed by atoms with Crippen molar-refractivity contribution < 1.29 is 29.3 Å². The number of halogens is 1. The fourth-order valence-electron chi connectivity index (χ4n) is 1.98. The lowest BCUT2D eigenvalue weighted by atomic mass is 10.1. The predicted molar refractivity (Wildman–Crippen MR) is 97.5 cm³/mol. The van der Waals surface area contributed by atoms with E-state index < -0.39 is 36.2 Å². The molecule has 0 radical (unpaired) electrons. The summed E-state index contributed by atoms with van der Waals surface area (Å²) in [5, 5.41) is 23.4. The maximum Gasteiger partial charge on any atom is 0.408 e. The molecule has 0 bridgehead atoms. The summed E-state index contributed by atoms with van der Waals surface area (Å²) >= 11 is 3.03. The number of carboxylic acids is 1. The van der Waals surface area contributed by atoms with Gasteiger partial charge in [-0.1, -0.05) is 52.8 Å². The van der Waals surface area contributed by atoms with E-state index in [1.165, 1.54) is 6.92 Å². The number of ether oxygens (including phenoxy) is 1. The average Bonchev–Trinajstić information content (AvgIpc) is 2.57. The highest BCUT2D eigenvalue weighted by atomic mass is 79.9. The molecule has 0 aliphatic carbocycles. The standard InChI is InChI=1S/C17H21BrN2O6/c1-10(18)8-13(16(23)24)19-15(22)14(11(2)21)20-17(25)26-9-12-6-4-3-5-7-12/h3-7,11,13-14,21H,1,8-9H2,2H3,(H,19,22)(H,20,25)(H,23,24)/t11-,13-,14+/m1/s1. The first-order chi connectivity index (χ1) is 12.2. The van der Waals surface area contributed by atoms with Gasteiger partial charge in [0.1, 0.15) is 18.7 Å². The number of aliphatic hydroxyl groups is 1. The van der Waals surface area contributed by atoms with Crippen LogP contribution in [0.2, 0.25) is 0 Å². The molecule has 1 aromatic rings. The maximum absolute atomic E-state index is 12.2. The van der Waals surface area contributed by atoms with Gasteiger partial charge in [0.05, 0.1) is 6.10 Å². The lowest BCUT2D eigenvalue weighted by Gasteiger charge is -2.23. The molecular weight excluding hydrogens is 408 g/mol. The van der Waals surface area contributed by atoms with Crippen LogP contribution in [0.15, 0.2) is 41.4 Å². The second-order valence-corrected chi connectivity index (χ2v) is 6.67. The van der Waals surface area contributed by atoms with Gasteiger partial charge in [-0.25, -0.2) is 9.59 Å². The van der Waals surface area contributed by atoms with E-state index in [1.807, 2.05) is 6.07 Å². The molecule has 0 saturated heterocycles. The Morgan fingerprint density at radius 3 is 2.35 bits per heavy atom. The molecule has 0 unspecified atom stereocenters. The van der Waals surface area contributed by atoms with E-state index in [0.717, 1.165) is 5.56 Å². The molecule has 4 N–H and O–H groups in total. The lowest BCUT2D eigenvalue weighted by Crippen LogP contribution is -2.55. The van der Waals surface area contributed by atoms with Crippen LogP contribution >= 0.6 is 15.9 Å². The SMILES string of the molecule is C=C(Br)C[C@@H](NC(=O)[C@@H](NC(=O)OCc1ccccc1)[C@@H](C)O)C(=O)O. The molecule has 2 amide bonds. The van der Waals surface area contributed by atoms with Crippen LogP contribution in [0.25, 0.3) is 0 Å². The van der Waals surface area contributed by atoms with Crippen molar-refractivity contribution in [2.75, 3.05) is 0 Å². The Morgan fingerprint density at radius 2 is 1.85 bits per heavy atom. The number of nitrogens with one attached hydrogen (secondary N) is 2. The molecular formula is C17H21BrN2O6. The summed E-state index contributed by atoms with van der Waals surface area (Å²) < 4.78 is 5.38. The summed E-state index contributed by atoms with van der Waals surface area (Å²) in [6.07, 6.45) is -2.22. The molecule has 3 atom stereocenters. The largest absolute Gasteiger partial charge is 0.480 e. The minimum Gasteiger partial charge on any atom is -0.480 e. The molecule has 142 valence electrons. The second kappa shape index (κ2) is 10.6. The molecule has 1 aromatic carbocycles. The molecule has 0 aliphatic heterocycles. The summed E-state index contributed by atoms with van der Waals surface area (Å²) in [5.41, 5.74) is 0.752. The lowest BCUT2D eigenvalue weighted by molar-refractivity contribution is -0.142. The highest BCUT2D eigenvalue weighted by Gasteiger charge is 2.30. The van der Waals surface area contributed by atoms with Crippen molar-refractivity contribution in [3.8, 4) is 0 Å². The van der Waals surface area contributed by atoms with Crippen molar-refractivity contribution in [2.24, 2.45) is 0 Å². The molecule has 0 fully saturated rings. The van der Waals surface area contributed by atoms with Crippen molar-refractivity contribution >= 4 is 33.9 Å². The van der Waals surface area contributed by atoms with Gasteiger partial charge in [-0.05, 0) is 17.0 Å². The van der Waals surface area contributed by atoms with Gasteiger partial charge in [-0.3, -0.25) is 4.79 Å². The second-order valence-electron chi connectivity index (χ2n) is 5.55. The quantitative estimate of drug-likeness (QED) is 0.472. The zero-order chi connectivity index (χ0) is 19.7. The van der Waals surface area contributed by atoms with Crippen LogP contribution in [0, 0.1) is 0 Å². The minimum atomic E-state index is -1.37. The molecule has 0 aliphatic rings. The van der Waals surface area contributed by atoms with Gasteiger partial charge in [0.15, 0.2) is 0 Å². The van der Waals surface area contributed by atoms with Crippen LogP contribution in [0.4, 0.5) is 4.79 Å². The number of aliphatic carboxylic acids is 1. The number of rotatable bonds is 9. The monoisotopic (exact) mass is 428 g/mol. The smallest absolute Gasteiger partial charge is 0.408 e. The number of hydrogen-bond donors (Lipinski definition) is 4. The molecule has 8 nitrogen and oxygen atoms in total. The summed E-state index contributed by atoms with van der Waals surface area (Å²) in [7, 11) is 0. The molecule has 0 saturated carbocycles. The Labute approximate surface area is 159 Å². The van der Waals surface area contributed by atoms with Crippen molar-refractivity contribution in [3.05, 3.63) is 47.0 Å². The topological polar surface area (TPSA) is 125 Å². The normalized spacial score (nSPS) is 13.8. The highest BCUT2D eigenvalue weighted by Crippen LogP contribution is 2.11. The van der Waals surface area contributed by atoms with E-state index in [1.54, 1.807) is 24.3 Å². The Bertz CT molecular complexity index is 650. The molecule has 9 heteroatoms. The van der Waals surface area contributed by atoms with Gasteiger partial charge in [0, 0.05) is 6.42 Å². The third-order valence-corrected chi connectivity index (χ3v) is 3.61. The van der Waals surface area contributed by atoms with Gasteiger partial charge in [0.25, 0.3) is 0 Å². The first-order valence-electron chi connectivity index (χ1n) is 7.72. The number of hydrogen-bond acceptors (Lipinski definition) is 5. The van der Waals surface area contributed by atoms with Gasteiger partial charge in [0.2, 0.25) is 5.91 Å². The maximum atomic E-state index is 12.2. The number of benzene rings is 1. The predicted octanol–water partition coefficient (Wildman–Crippen LogP) is 1.53. The number of alkyl carbamates (subject to hydrolysis) is 1. The van der Waals surface area contributed by atoms with Crippen molar-refractivity contribution in [3.63, 3.8) is 0 Å². The molecule has 1 rings (SSSR count). The Morgan fingerprint density at radius 1 is 1.23 bits per heavy atom. The fourth-order valence-corrected chi connectivity index (χ4v) is 2.30. The van der Waals surface area contributed by atoms with Crippen molar-refractivity contribution in [1.82, 2.24) is 10.6 Å². The minimum absolute atomic E-state index is 0.0119. The van der Waals surface area contributed by atoms with Gasteiger partial charge in [-0.15, -0.1) is 0 Å². The first kappa shape index (κ1) is 21.7. The van der Waals surface area contributed by atoms with Gasteiger partial charge < -0.3 is 25.6 Å². The first-order valence-corrected chi connectivity index (χ1v) is 8.51. The van der Waals surface area contributed by atoms with Crippen LogP contribution in [0.5, 0.6) is 0 Å². The summed E-state index contributed by atoms with van der Waals surface area (Å²) in [6, 6.07) is 6.28. The van der Waals surface area contributed by atoms with E-state index in [-0.39, 0.29) is 13.0 Å². The van der Waals surface area contributed by atoms with E-state index in [2.05, 4.69) is 33.1 Å². The number of carboxylic acid groups (broad SMARTS) is 1. The third kappa shape index (κ3) is 7.66. The summed E-state index contributed by atoms with van der Waals surface area (Å²) in [6.45, 7) is 4.81. The Hall–Kier alpha value is -2.39. The summed E-state index contributed by atoms with van der Waals surface area (Å²) in [4.78, 5) is 35.3. The van der Waals surface area contributed by atoms with E-state index in [0.29, 0.717) is 4.48 Å². The van der Waals surface area contributed by atoms with E-state index >= 15 is 0 Å². The third-order valence-electron chi connectivity index (χ3n) is 3.29. The molecule has 0 spiro atoms. The fraction of sp³-hybridized carbons (Fsp3) is 0.353. The van der Waals surface area contributed by atoms with Crippen LogP contribution in [-0.2, 0) is 20.9 Å².